The number of likely N-dealkylation sites (tertiary alicyclic amines) is 2. The molecule has 8 nitrogen and oxygen atoms in total. The Hall–Kier alpha value is -4.63. The molecule has 2 aliphatic heterocycles. The van der Waals surface area contributed by atoms with Crippen LogP contribution in [0.2, 0.25) is 0 Å². The molecule has 0 N–H and O–H groups in total. The first-order valence-electron chi connectivity index (χ1n) is 15.5. The van der Waals surface area contributed by atoms with Crippen molar-refractivity contribution in [2.24, 2.45) is 5.92 Å². The van der Waals surface area contributed by atoms with Gasteiger partial charge in [-0.1, -0.05) is 30.3 Å². The highest BCUT2D eigenvalue weighted by Gasteiger charge is 2.73. The van der Waals surface area contributed by atoms with Crippen LogP contribution in [-0.2, 0) is 41.1 Å². The number of benzene rings is 3. The van der Waals surface area contributed by atoms with Crippen molar-refractivity contribution in [2.45, 2.75) is 53.5 Å². The smallest absolute Gasteiger partial charge is 0.349 e. The highest BCUT2D eigenvalue weighted by Crippen LogP contribution is 2.54. The summed E-state index contributed by atoms with van der Waals surface area (Å²) in [5.41, 5.74) is -8.23. The Kier molecular flexibility index (Phi) is 10.4. The SMILES string of the molecule is N#CCC(=O)N1CC[C@H](C(=O)N2CC[C@](c3ccc(C(OCc4c(F)cccc4F)(C(F)(F)F)C(F)(F)F)cc3)(S(=O)(=O)c3ccc(F)cc3)C2)C1. The van der Waals surface area contributed by atoms with Crippen LogP contribution >= 0.6 is 0 Å². The molecule has 2 heterocycles. The number of nitrogens with zero attached hydrogens (tertiary/aromatic N) is 3. The van der Waals surface area contributed by atoms with E-state index in [9.17, 15) is 57.5 Å². The predicted molar refractivity (Wildman–Crippen MR) is 163 cm³/mol. The van der Waals surface area contributed by atoms with E-state index in [1.807, 2.05) is 0 Å². The van der Waals surface area contributed by atoms with Gasteiger partial charge < -0.3 is 14.5 Å². The second-order valence-corrected chi connectivity index (χ2v) is 14.6. The molecule has 5 rings (SSSR count). The minimum Gasteiger partial charge on any atom is -0.349 e. The van der Waals surface area contributed by atoms with Crippen molar-refractivity contribution in [1.29, 1.82) is 5.26 Å². The van der Waals surface area contributed by atoms with E-state index in [0.29, 0.717) is 36.4 Å². The van der Waals surface area contributed by atoms with Crippen molar-refractivity contribution < 1.29 is 62.3 Å². The van der Waals surface area contributed by atoms with E-state index in [4.69, 9.17) is 5.26 Å². The minimum absolute atomic E-state index is 0.0595. The number of nitriles is 1. The number of amides is 2. The van der Waals surface area contributed by atoms with Gasteiger partial charge in [0, 0.05) is 37.3 Å². The summed E-state index contributed by atoms with van der Waals surface area (Å²) < 4.78 is 160. The standard InChI is InChI=1S/C34H28F9N3O5S/c35-24-8-10-25(11-9-24)52(49,50)31(14-17-46(20-31)30(48)21-13-16-45(18-21)29(47)12-15-44)22-4-6-23(7-5-22)32(33(38,39)40,34(41,42)43)51-19-26-27(36)2-1-3-28(26)37/h1-11,21H,12-14,16-20H2/t21-,31-/m0/s1. The third-order valence-corrected chi connectivity index (χ3v) is 11.9. The fourth-order valence-electron chi connectivity index (χ4n) is 6.64. The Balaban J connectivity index is 1.56. The molecular weight excluding hydrogens is 733 g/mol. The topological polar surface area (TPSA) is 108 Å². The van der Waals surface area contributed by atoms with Crippen molar-refractivity contribution in [3.63, 3.8) is 0 Å². The van der Waals surface area contributed by atoms with E-state index >= 15 is 0 Å². The zero-order chi connectivity index (χ0) is 38.3. The van der Waals surface area contributed by atoms with Crippen molar-refractivity contribution in [3.05, 3.63) is 101 Å². The minimum atomic E-state index is -6.26. The molecule has 278 valence electrons. The lowest BCUT2D eigenvalue weighted by atomic mass is 9.88. The lowest BCUT2D eigenvalue weighted by Crippen LogP contribution is -2.56. The fourth-order valence-corrected chi connectivity index (χ4v) is 8.72. The molecule has 0 aromatic heterocycles. The lowest BCUT2D eigenvalue weighted by molar-refractivity contribution is -0.392. The van der Waals surface area contributed by atoms with Crippen molar-refractivity contribution in [2.75, 3.05) is 26.2 Å². The van der Waals surface area contributed by atoms with Gasteiger partial charge in [-0.3, -0.25) is 9.59 Å². The Morgan fingerprint density at radius 3 is 2.02 bits per heavy atom. The monoisotopic (exact) mass is 761 g/mol. The Morgan fingerprint density at radius 1 is 0.865 bits per heavy atom. The number of carbonyl (C=O) groups excluding carboxylic acids is 2. The number of hydrogen-bond donors (Lipinski definition) is 0. The summed E-state index contributed by atoms with van der Waals surface area (Å²) in [7, 11) is -4.67. The van der Waals surface area contributed by atoms with Crippen LogP contribution in [0.15, 0.2) is 71.6 Å². The van der Waals surface area contributed by atoms with Gasteiger partial charge in [0.2, 0.25) is 11.8 Å². The second-order valence-electron chi connectivity index (χ2n) is 12.4. The van der Waals surface area contributed by atoms with Crippen LogP contribution in [-0.4, -0.2) is 68.6 Å². The third kappa shape index (κ3) is 6.71. The van der Waals surface area contributed by atoms with Gasteiger partial charge in [-0.25, -0.2) is 21.6 Å². The van der Waals surface area contributed by atoms with Gasteiger partial charge in [0.25, 0.3) is 5.60 Å². The number of carbonyl (C=O) groups is 2. The highest BCUT2D eigenvalue weighted by molar-refractivity contribution is 7.92. The van der Waals surface area contributed by atoms with Crippen LogP contribution in [0, 0.1) is 34.7 Å². The average molecular weight is 762 g/mol. The molecule has 0 spiro atoms. The maximum Gasteiger partial charge on any atom is 0.430 e. The number of alkyl halides is 6. The van der Waals surface area contributed by atoms with E-state index in [-0.39, 0.29) is 38.0 Å². The lowest BCUT2D eigenvalue weighted by Gasteiger charge is -2.38. The Bertz CT molecular complexity index is 1950. The summed E-state index contributed by atoms with van der Waals surface area (Å²) in [5.74, 6) is -5.58. The van der Waals surface area contributed by atoms with E-state index in [1.54, 1.807) is 6.07 Å². The maximum absolute atomic E-state index is 14.5. The number of sulfone groups is 1. The molecule has 2 aliphatic rings. The van der Waals surface area contributed by atoms with Crippen molar-refractivity contribution in [3.8, 4) is 6.07 Å². The molecule has 2 atom stereocenters. The number of rotatable bonds is 9. The van der Waals surface area contributed by atoms with Crippen LogP contribution in [0.25, 0.3) is 0 Å². The van der Waals surface area contributed by atoms with Crippen LogP contribution in [0.4, 0.5) is 39.5 Å². The van der Waals surface area contributed by atoms with Gasteiger partial charge in [0.05, 0.1) is 23.5 Å². The Labute approximate surface area is 291 Å². The van der Waals surface area contributed by atoms with Gasteiger partial charge in [-0.2, -0.15) is 31.6 Å². The molecule has 0 bridgehead atoms. The first-order chi connectivity index (χ1) is 24.3. The number of ether oxygens (including phenoxy) is 1. The molecule has 2 fully saturated rings. The summed E-state index contributed by atoms with van der Waals surface area (Å²) in [6.45, 7) is -2.54. The fraction of sp³-hybridized carbons (Fsp3) is 0.382. The van der Waals surface area contributed by atoms with Crippen LogP contribution in [0.5, 0.6) is 0 Å². The summed E-state index contributed by atoms with van der Waals surface area (Å²) in [6, 6.07) is 9.43. The van der Waals surface area contributed by atoms with Crippen LogP contribution in [0.1, 0.15) is 36.0 Å². The largest absolute Gasteiger partial charge is 0.430 e. The van der Waals surface area contributed by atoms with E-state index in [0.717, 1.165) is 30.3 Å². The molecule has 3 aromatic rings. The zero-order valence-corrected chi connectivity index (χ0v) is 27.6. The number of hydrogen-bond acceptors (Lipinski definition) is 6. The van der Waals surface area contributed by atoms with Gasteiger partial charge >= 0.3 is 12.4 Å². The molecule has 18 heteroatoms. The zero-order valence-electron chi connectivity index (χ0n) is 26.8. The molecule has 0 aliphatic carbocycles. The second kappa shape index (κ2) is 14.1. The normalized spacial score (nSPS) is 19.9. The van der Waals surface area contributed by atoms with E-state index < -0.39 is 103 Å². The van der Waals surface area contributed by atoms with Crippen LogP contribution < -0.4 is 0 Å². The molecular formula is C34H28F9N3O5S. The van der Waals surface area contributed by atoms with Gasteiger partial charge in [-0.15, -0.1) is 0 Å². The quantitative estimate of drug-likeness (QED) is 0.187. The summed E-state index contributed by atoms with van der Waals surface area (Å²) >= 11 is 0. The molecule has 2 saturated heterocycles. The van der Waals surface area contributed by atoms with Gasteiger partial charge in [0.1, 0.15) is 28.6 Å². The highest BCUT2D eigenvalue weighted by atomic mass is 32.2. The van der Waals surface area contributed by atoms with Gasteiger partial charge in [0.15, 0.2) is 9.84 Å². The van der Waals surface area contributed by atoms with E-state index in [2.05, 4.69) is 4.74 Å². The number of halogens is 9. The average Bonchev–Trinajstić information content (AvgIpc) is 3.75. The van der Waals surface area contributed by atoms with Crippen LogP contribution in [0.3, 0.4) is 0 Å². The summed E-state index contributed by atoms with van der Waals surface area (Å²) in [4.78, 5) is 27.8. The first kappa shape index (κ1) is 38.6. The Morgan fingerprint density at radius 2 is 1.46 bits per heavy atom. The van der Waals surface area contributed by atoms with Crippen molar-refractivity contribution >= 4 is 21.7 Å². The molecule has 52 heavy (non-hydrogen) atoms. The summed E-state index contributed by atoms with van der Waals surface area (Å²) in [6.07, 6.45) is -13.1. The maximum atomic E-state index is 14.5. The molecule has 3 aromatic carbocycles. The predicted octanol–water partition coefficient (Wildman–Crippen LogP) is 6.30. The molecule has 2 amide bonds. The third-order valence-electron chi connectivity index (χ3n) is 9.41. The first-order valence-corrected chi connectivity index (χ1v) is 17.0. The summed E-state index contributed by atoms with van der Waals surface area (Å²) in [5, 5.41) is 8.84. The van der Waals surface area contributed by atoms with Crippen molar-refractivity contribution in [1.82, 2.24) is 9.80 Å². The molecule has 0 saturated carbocycles. The molecule has 0 unspecified atom stereocenters. The van der Waals surface area contributed by atoms with E-state index in [1.165, 1.54) is 9.80 Å². The molecule has 0 radical (unpaired) electrons. The van der Waals surface area contributed by atoms with Gasteiger partial charge in [-0.05, 0) is 54.8 Å².